The van der Waals surface area contributed by atoms with Gasteiger partial charge in [0.05, 0.1) is 0 Å². The first-order valence-corrected chi connectivity index (χ1v) is 5.80. The summed E-state index contributed by atoms with van der Waals surface area (Å²) in [6.45, 7) is 3.47. The van der Waals surface area contributed by atoms with Gasteiger partial charge in [0.2, 0.25) is 0 Å². The van der Waals surface area contributed by atoms with Crippen molar-refractivity contribution in [3.05, 3.63) is 35.9 Å². The van der Waals surface area contributed by atoms with E-state index in [1.165, 1.54) is 31.5 Å². The molecule has 98 valence electrons. The highest BCUT2D eigenvalue weighted by atomic mass is 35.5. The maximum Gasteiger partial charge on any atom is 0.0208 e. The van der Waals surface area contributed by atoms with E-state index in [0.29, 0.717) is 6.04 Å². The van der Waals surface area contributed by atoms with E-state index in [1.807, 2.05) is 0 Å². The zero-order valence-electron chi connectivity index (χ0n) is 10.3. The van der Waals surface area contributed by atoms with Gasteiger partial charge in [-0.2, -0.15) is 0 Å². The fourth-order valence-electron chi connectivity index (χ4n) is 2.07. The van der Waals surface area contributed by atoms with E-state index >= 15 is 0 Å². The number of halogens is 2. The zero-order chi connectivity index (χ0) is 10.5. The van der Waals surface area contributed by atoms with Gasteiger partial charge < -0.3 is 10.2 Å². The Kier molecular flexibility index (Phi) is 8.61. The number of likely N-dealkylation sites (tertiary alicyclic amines) is 1. The zero-order valence-corrected chi connectivity index (χ0v) is 11.9. The molecule has 1 aliphatic rings. The van der Waals surface area contributed by atoms with Crippen LogP contribution in [0.4, 0.5) is 0 Å². The molecule has 1 aromatic carbocycles. The number of nitrogens with zero attached hydrogens (tertiary/aromatic N) is 1. The van der Waals surface area contributed by atoms with Crippen LogP contribution in [0.1, 0.15) is 18.4 Å². The molecule has 2 rings (SSSR count). The predicted octanol–water partition coefficient (Wildman–Crippen LogP) is 2.71. The van der Waals surface area contributed by atoms with Gasteiger partial charge in [0.25, 0.3) is 0 Å². The van der Waals surface area contributed by atoms with Crippen LogP contribution in [-0.2, 0) is 6.54 Å². The molecule has 0 radical (unpaired) electrons. The minimum absolute atomic E-state index is 0. The van der Waals surface area contributed by atoms with Crippen LogP contribution >= 0.6 is 24.8 Å². The topological polar surface area (TPSA) is 15.3 Å². The second-order valence-corrected chi connectivity index (χ2v) is 4.44. The van der Waals surface area contributed by atoms with Gasteiger partial charge in [-0.05, 0) is 38.5 Å². The molecule has 0 amide bonds. The predicted molar refractivity (Wildman–Crippen MR) is 78.3 cm³/mol. The smallest absolute Gasteiger partial charge is 0.0208 e. The van der Waals surface area contributed by atoms with Crippen molar-refractivity contribution in [3.8, 4) is 0 Å². The molecule has 0 aromatic heterocycles. The molecule has 4 heteroatoms. The maximum absolute atomic E-state index is 3.63. The van der Waals surface area contributed by atoms with Crippen molar-refractivity contribution in [2.75, 3.05) is 20.1 Å². The molecule has 1 aliphatic heterocycles. The van der Waals surface area contributed by atoms with Gasteiger partial charge in [0.1, 0.15) is 0 Å². The van der Waals surface area contributed by atoms with Crippen LogP contribution in [0.2, 0.25) is 0 Å². The number of hydrogen-bond donors (Lipinski definition) is 1. The molecule has 1 aromatic rings. The molecule has 17 heavy (non-hydrogen) atoms. The van der Waals surface area contributed by atoms with Gasteiger partial charge in [-0.3, -0.25) is 0 Å². The molecule has 0 aliphatic carbocycles. The van der Waals surface area contributed by atoms with Crippen molar-refractivity contribution < 1.29 is 0 Å². The van der Waals surface area contributed by atoms with Crippen molar-refractivity contribution in [1.82, 2.24) is 10.2 Å². The fraction of sp³-hybridized carbons (Fsp3) is 0.538. The number of rotatable bonds is 3. The molecule has 0 saturated carbocycles. The Morgan fingerprint density at radius 3 is 2.29 bits per heavy atom. The van der Waals surface area contributed by atoms with E-state index in [0.717, 1.165) is 6.54 Å². The summed E-state index contributed by atoms with van der Waals surface area (Å²) in [6, 6.07) is 11.3. The summed E-state index contributed by atoms with van der Waals surface area (Å²) in [6.07, 6.45) is 2.56. The average Bonchev–Trinajstić information content (AvgIpc) is 2.30. The summed E-state index contributed by atoms with van der Waals surface area (Å²) < 4.78 is 0. The lowest BCUT2D eigenvalue weighted by molar-refractivity contribution is 0.234. The first-order chi connectivity index (χ1) is 7.34. The Morgan fingerprint density at radius 1 is 1.12 bits per heavy atom. The van der Waals surface area contributed by atoms with Gasteiger partial charge >= 0.3 is 0 Å². The van der Waals surface area contributed by atoms with Crippen molar-refractivity contribution in [2.45, 2.75) is 25.4 Å². The third-order valence-corrected chi connectivity index (χ3v) is 3.16. The molecule has 1 saturated heterocycles. The summed E-state index contributed by atoms with van der Waals surface area (Å²) in [7, 11) is 2.20. The standard InChI is InChI=1S/C13H20N2.2ClH/c1-15-9-7-13(8-10-15)14-11-12-5-3-2-4-6-12;;/h2-6,13-14H,7-11H2,1H3;2*1H. The highest BCUT2D eigenvalue weighted by Gasteiger charge is 2.15. The minimum Gasteiger partial charge on any atom is -0.310 e. The summed E-state index contributed by atoms with van der Waals surface area (Å²) in [5.74, 6) is 0. The van der Waals surface area contributed by atoms with Crippen molar-refractivity contribution >= 4 is 24.8 Å². The van der Waals surface area contributed by atoms with Crippen LogP contribution in [0.15, 0.2) is 30.3 Å². The van der Waals surface area contributed by atoms with Crippen LogP contribution in [0.25, 0.3) is 0 Å². The van der Waals surface area contributed by atoms with E-state index in [2.05, 4.69) is 47.6 Å². The summed E-state index contributed by atoms with van der Waals surface area (Å²) in [5.41, 5.74) is 1.39. The summed E-state index contributed by atoms with van der Waals surface area (Å²) in [4.78, 5) is 2.40. The minimum atomic E-state index is 0. The second kappa shape index (κ2) is 8.76. The lowest BCUT2D eigenvalue weighted by atomic mass is 10.1. The molecule has 0 spiro atoms. The average molecular weight is 277 g/mol. The SMILES string of the molecule is CN1CCC(NCc2ccccc2)CC1.Cl.Cl. The quantitative estimate of drug-likeness (QED) is 0.914. The lowest BCUT2D eigenvalue weighted by Crippen LogP contribution is -2.40. The molecule has 0 bridgehead atoms. The molecule has 1 fully saturated rings. The molecule has 0 atom stereocenters. The number of nitrogens with one attached hydrogen (secondary N) is 1. The summed E-state index contributed by atoms with van der Waals surface area (Å²) in [5, 5.41) is 3.63. The van der Waals surface area contributed by atoms with E-state index in [4.69, 9.17) is 0 Å². The number of hydrogen-bond acceptors (Lipinski definition) is 2. The Hall–Kier alpha value is -0.280. The Bertz CT molecular complexity index is 285. The van der Waals surface area contributed by atoms with Crippen LogP contribution in [0.5, 0.6) is 0 Å². The fourth-order valence-corrected chi connectivity index (χ4v) is 2.07. The monoisotopic (exact) mass is 276 g/mol. The van der Waals surface area contributed by atoms with Crippen molar-refractivity contribution in [3.63, 3.8) is 0 Å². The van der Waals surface area contributed by atoms with E-state index in [-0.39, 0.29) is 24.8 Å². The highest BCUT2D eigenvalue weighted by Crippen LogP contribution is 2.09. The molecule has 1 N–H and O–H groups in total. The third kappa shape index (κ3) is 5.73. The Labute approximate surface area is 117 Å². The van der Waals surface area contributed by atoms with Gasteiger partial charge in [0, 0.05) is 12.6 Å². The number of benzene rings is 1. The third-order valence-electron chi connectivity index (χ3n) is 3.16. The normalized spacial score (nSPS) is 17.0. The second-order valence-electron chi connectivity index (χ2n) is 4.44. The Balaban J connectivity index is 0.00000128. The largest absolute Gasteiger partial charge is 0.310 e. The first kappa shape index (κ1) is 16.7. The molecular weight excluding hydrogens is 255 g/mol. The van der Waals surface area contributed by atoms with E-state index in [9.17, 15) is 0 Å². The molecule has 0 unspecified atom stereocenters. The number of piperidine rings is 1. The van der Waals surface area contributed by atoms with Crippen molar-refractivity contribution in [1.29, 1.82) is 0 Å². The van der Waals surface area contributed by atoms with E-state index < -0.39 is 0 Å². The van der Waals surface area contributed by atoms with Gasteiger partial charge in [-0.15, -0.1) is 24.8 Å². The summed E-state index contributed by atoms with van der Waals surface area (Å²) >= 11 is 0. The van der Waals surface area contributed by atoms with Crippen LogP contribution in [0, 0.1) is 0 Å². The lowest BCUT2D eigenvalue weighted by Gasteiger charge is -2.29. The highest BCUT2D eigenvalue weighted by molar-refractivity contribution is 5.85. The van der Waals surface area contributed by atoms with Crippen molar-refractivity contribution in [2.24, 2.45) is 0 Å². The van der Waals surface area contributed by atoms with Gasteiger partial charge in [-0.25, -0.2) is 0 Å². The molecular formula is C13H22Cl2N2. The molecule has 2 nitrogen and oxygen atoms in total. The van der Waals surface area contributed by atoms with Crippen LogP contribution in [-0.4, -0.2) is 31.1 Å². The van der Waals surface area contributed by atoms with E-state index in [1.54, 1.807) is 0 Å². The van der Waals surface area contributed by atoms with Gasteiger partial charge in [0.15, 0.2) is 0 Å². The maximum atomic E-state index is 3.63. The van der Waals surface area contributed by atoms with Gasteiger partial charge in [-0.1, -0.05) is 30.3 Å². The van der Waals surface area contributed by atoms with Crippen LogP contribution < -0.4 is 5.32 Å². The van der Waals surface area contributed by atoms with Crippen LogP contribution in [0.3, 0.4) is 0 Å². The first-order valence-electron chi connectivity index (χ1n) is 5.80. The Morgan fingerprint density at radius 2 is 1.71 bits per heavy atom. The molecule has 1 heterocycles.